The monoisotopic (exact) mass is 394 g/mol. The number of aryl methyl sites for hydroxylation is 2. The summed E-state index contributed by atoms with van der Waals surface area (Å²) < 4.78 is 19.1. The van der Waals surface area contributed by atoms with E-state index in [2.05, 4.69) is 32.4 Å². The molecule has 2 aliphatic rings. The van der Waals surface area contributed by atoms with E-state index in [1.165, 1.54) is 12.1 Å². The van der Waals surface area contributed by atoms with Crippen LogP contribution >= 0.6 is 0 Å². The molecule has 3 atom stereocenters. The molecule has 1 amide bonds. The van der Waals surface area contributed by atoms with Crippen LogP contribution in [-0.2, 0) is 4.79 Å². The van der Waals surface area contributed by atoms with Crippen molar-refractivity contribution in [1.82, 2.24) is 15.0 Å². The van der Waals surface area contributed by atoms with Gasteiger partial charge in [-0.25, -0.2) is 14.4 Å². The number of allylic oxidation sites excluding steroid dienone is 4. The lowest BCUT2D eigenvalue weighted by molar-refractivity contribution is -0.118. The minimum Gasteiger partial charge on any atom is -0.476 e. The standard InChI is InChI=1S/C22H23FN4O2/c1-14-11-25-21(15(2)26-14)29-13-22(16-6-4-3-5-7-16)10-18(22)20(28)27-19-9-8-17(23)12-24-19/h3-6,8-9,11-12,16,18H,7,10,13H2,1-2H3,(H,24,27,28)/t16?,18-,22+/m0/s1. The van der Waals surface area contributed by atoms with E-state index in [9.17, 15) is 9.18 Å². The highest BCUT2D eigenvalue weighted by Gasteiger charge is 2.62. The van der Waals surface area contributed by atoms with Crippen molar-refractivity contribution in [1.29, 1.82) is 0 Å². The second kappa shape index (κ2) is 7.73. The fourth-order valence-electron chi connectivity index (χ4n) is 3.95. The van der Waals surface area contributed by atoms with Crippen molar-refractivity contribution in [3.05, 3.63) is 66.0 Å². The lowest BCUT2D eigenvalue weighted by Crippen LogP contribution is -2.29. The third-order valence-electron chi connectivity index (χ3n) is 5.63. The van der Waals surface area contributed by atoms with Crippen molar-refractivity contribution in [2.24, 2.45) is 17.3 Å². The van der Waals surface area contributed by atoms with Crippen LogP contribution in [0.5, 0.6) is 5.88 Å². The van der Waals surface area contributed by atoms with Gasteiger partial charge in [-0.2, -0.15) is 0 Å². The molecule has 1 unspecified atom stereocenters. The number of carbonyl (C=O) groups excluding carboxylic acids is 1. The van der Waals surface area contributed by atoms with Gasteiger partial charge in [-0.1, -0.05) is 24.3 Å². The zero-order valence-electron chi connectivity index (χ0n) is 16.4. The second-order valence-corrected chi connectivity index (χ2v) is 7.69. The zero-order chi connectivity index (χ0) is 20.4. The van der Waals surface area contributed by atoms with Crippen LogP contribution in [0, 0.1) is 36.9 Å². The molecular formula is C22H23FN4O2. The average molecular weight is 394 g/mol. The molecule has 4 rings (SSSR count). The highest BCUT2D eigenvalue weighted by molar-refractivity contribution is 5.94. The van der Waals surface area contributed by atoms with Gasteiger partial charge >= 0.3 is 0 Å². The minimum atomic E-state index is -0.439. The highest BCUT2D eigenvalue weighted by atomic mass is 19.1. The summed E-state index contributed by atoms with van der Waals surface area (Å²) in [6.45, 7) is 4.13. The molecule has 6 nitrogen and oxygen atoms in total. The van der Waals surface area contributed by atoms with Crippen LogP contribution < -0.4 is 10.1 Å². The summed E-state index contributed by atoms with van der Waals surface area (Å²) in [5.41, 5.74) is 1.25. The second-order valence-electron chi connectivity index (χ2n) is 7.69. The molecule has 0 bridgehead atoms. The topological polar surface area (TPSA) is 77.0 Å². The van der Waals surface area contributed by atoms with Gasteiger partial charge in [-0.3, -0.25) is 9.78 Å². The summed E-state index contributed by atoms with van der Waals surface area (Å²) in [7, 11) is 0. The zero-order valence-corrected chi connectivity index (χ0v) is 16.4. The van der Waals surface area contributed by atoms with Gasteiger partial charge < -0.3 is 10.1 Å². The summed E-state index contributed by atoms with van der Waals surface area (Å²) in [6, 6.07) is 2.74. The molecule has 2 aliphatic carbocycles. The molecular weight excluding hydrogens is 371 g/mol. The van der Waals surface area contributed by atoms with E-state index in [0.717, 1.165) is 24.0 Å². The Hall–Kier alpha value is -3.09. The Morgan fingerprint density at radius 1 is 1.28 bits per heavy atom. The molecule has 0 radical (unpaired) electrons. The summed E-state index contributed by atoms with van der Waals surface area (Å²) in [4.78, 5) is 25.5. The lowest BCUT2D eigenvalue weighted by Gasteiger charge is -2.26. The van der Waals surface area contributed by atoms with Crippen molar-refractivity contribution in [2.45, 2.75) is 26.7 Å². The van der Waals surface area contributed by atoms with Crippen molar-refractivity contribution >= 4 is 11.7 Å². The summed E-state index contributed by atoms with van der Waals surface area (Å²) >= 11 is 0. The molecule has 150 valence electrons. The normalized spacial score (nSPS) is 24.9. The fraction of sp³-hybridized carbons (Fsp3) is 0.364. The van der Waals surface area contributed by atoms with Crippen LogP contribution in [0.25, 0.3) is 0 Å². The minimum absolute atomic E-state index is 0.123. The molecule has 1 N–H and O–H groups in total. The van der Waals surface area contributed by atoms with Crippen LogP contribution in [0.1, 0.15) is 24.2 Å². The predicted molar refractivity (Wildman–Crippen MR) is 107 cm³/mol. The van der Waals surface area contributed by atoms with Gasteiger partial charge in [0.1, 0.15) is 11.6 Å². The van der Waals surface area contributed by atoms with Crippen molar-refractivity contribution in [2.75, 3.05) is 11.9 Å². The Balaban J connectivity index is 1.50. The number of ether oxygens (including phenoxy) is 1. The number of rotatable bonds is 6. The molecule has 0 spiro atoms. The van der Waals surface area contributed by atoms with E-state index in [1.807, 2.05) is 26.0 Å². The quantitative estimate of drug-likeness (QED) is 0.807. The predicted octanol–water partition coefficient (Wildman–Crippen LogP) is 3.78. The number of hydrogen-bond acceptors (Lipinski definition) is 5. The van der Waals surface area contributed by atoms with Gasteiger partial charge in [0, 0.05) is 11.3 Å². The van der Waals surface area contributed by atoms with E-state index < -0.39 is 5.82 Å². The molecule has 7 heteroatoms. The van der Waals surface area contributed by atoms with E-state index in [1.54, 1.807) is 6.20 Å². The molecule has 29 heavy (non-hydrogen) atoms. The molecule has 0 aromatic carbocycles. The summed E-state index contributed by atoms with van der Waals surface area (Å²) in [5, 5.41) is 2.80. The smallest absolute Gasteiger partial charge is 0.235 e. The lowest BCUT2D eigenvalue weighted by atomic mass is 9.82. The van der Waals surface area contributed by atoms with Gasteiger partial charge in [0.2, 0.25) is 11.8 Å². The van der Waals surface area contributed by atoms with Gasteiger partial charge in [0.15, 0.2) is 0 Å². The molecule has 1 fully saturated rings. The molecule has 0 aliphatic heterocycles. The number of pyridine rings is 1. The van der Waals surface area contributed by atoms with Crippen molar-refractivity contribution in [3.63, 3.8) is 0 Å². The maximum absolute atomic E-state index is 13.1. The Kier molecular flexibility index (Phi) is 5.13. The molecule has 2 aromatic heterocycles. The Bertz CT molecular complexity index is 973. The van der Waals surface area contributed by atoms with Gasteiger partial charge in [-0.05, 0) is 44.7 Å². The third-order valence-corrected chi connectivity index (χ3v) is 5.63. The van der Waals surface area contributed by atoms with E-state index in [4.69, 9.17) is 4.74 Å². The molecule has 2 aromatic rings. The Morgan fingerprint density at radius 3 is 2.83 bits per heavy atom. The largest absolute Gasteiger partial charge is 0.476 e. The first-order valence-corrected chi connectivity index (χ1v) is 9.67. The van der Waals surface area contributed by atoms with Crippen molar-refractivity contribution < 1.29 is 13.9 Å². The number of aromatic nitrogens is 3. The SMILES string of the molecule is Cc1cnc(OC[C@@]2(C3C=CC=CC3)C[C@H]2C(=O)Nc2ccc(F)cn2)c(C)n1. The molecule has 1 saturated carbocycles. The first-order chi connectivity index (χ1) is 14.0. The fourth-order valence-corrected chi connectivity index (χ4v) is 3.95. The molecule has 2 heterocycles. The maximum atomic E-state index is 13.1. The van der Waals surface area contributed by atoms with E-state index >= 15 is 0 Å². The summed E-state index contributed by atoms with van der Waals surface area (Å²) in [6.07, 6.45) is 12.6. The van der Waals surface area contributed by atoms with Crippen LogP contribution in [0.3, 0.4) is 0 Å². The van der Waals surface area contributed by atoms with Crippen LogP contribution in [0.15, 0.2) is 48.8 Å². The van der Waals surface area contributed by atoms with E-state index in [0.29, 0.717) is 24.7 Å². The average Bonchev–Trinajstić information content (AvgIpc) is 3.46. The summed E-state index contributed by atoms with van der Waals surface area (Å²) in [5.74, 6) is 0.264. The Labute approximate surface area is 168 Å². The first kappa shape index (κ1) is 19.2. The van der Waals surface area contributed by atoms with Crippen molar-refractivity contribution in [3.8, 4) is 5.88 Å². The van der Waals surface area contributed by atoms with Gasteiger partial charge in [0.25, 0.3) is 0 Å². The van der Waals surface area contributed by atoms with Crippen LogP contribution in [0.2, 0.25) is 0 Å². The van der Waals surface area contributed by atoms with Crippen LogP contribution in [-0.4, -0.2) is 27.5 Å². The Morgan fingerprint density at radius 2 is 2.14 bits per heavy atom. The number of anilines is 1. The highest BCUT2D eigenvalue weighted by Crippen LogP contribution is 2.60. The number of amides is 1. The van der Waals surface area contributed by atoms with Gasteiger partial charge in [0.05, 0.1) is 30.4 Å². The number of halogens is 1. The van der Waals surface area contributed by atoms with Gasteiger partial charge in [-0.15, -0.1) is 0 Å². The first-order valence-electron chi connectivity index (χ1n) is 9.67. The number of hydrogen-bond donors (Lipinski definition) is 1. The van der Waals surface area contributed by atoms with E-state index in [-0.39, 0.29) is 23.2 Å². The number of carbonyl (C=O) groups is 1. The van der Waals surface area contributed by atoms with Crippen LogP contribution in [0.4, 0.5) is 10.2 Å². The number of nitrogens with one attached hydrogen (secondary N) is 1. The maximum Gasteiger partial charge on any atom is 0.235 e. The molecule has 0 saturated heterocycles. The third kappa shape index (κ3) is 4.04. The number of nitrogens with zero attached hydrogens (tertiary/aromatic N) is 3.